The topological polar surface area (TPSA) is 110 Å². The molecule has 4 aromatic rings. The van der Waals surface area contributed by atoms with Crippen LogP contribution in [0.5, 0.6) is 0 Å². The van der Waals surface area contributed by atoms with E-state index in [-0.39, 0.29) is 5.69 Å². The SMILES string of the molecule is Cc1c(C#N)c(NC(=O)COC(=O)c2ccc3ccccc3n2)n(Cc2ccco2)c1C. The number of aromatic nitrogens is 2. The van der Waals surface area contributed by atoms with Gasteiger partial charge in [0.15, 0.2) is 6.61 Å². The van der Waals surface area contributed by atoms with Gasteiger partial charge in [0.1, 0.15) is 23.3 Å². The lowest BCUT2D eigenvalue weighted by Crippen LogP contribution is -2.23. The number of carbonyl (C=O) groups is 2. The van der Waals surface area contributed by atoms with Gasteiger partial charge >= 0.3 is 5.97 Å². The van der Waals surface area contributed by atoms with Gasteiger partial charge in [0.05, 0.1) is 23.9 Å². The summed E-state index contributed by atoms with van der Waals surface area (Å²) in [5.41, 5.74) is 2.70. The van der Waals surface area contributed by atoms with Gasteiger partial charge in [-0.2, -0.15) is 5.26 Å². The van der Waals surface area contributed by atoms with Gasteiger partial charge in [-0.15, -0.1) is 0 Å². The molecule has 8 heteroatoms. The number of benzene rings is 1. The van der Waals surface area contributed by atoms with E-state index in [1.807, 2.05) is 38.1 Å². The Balaban J connectivity index is 1.48. The normalized spacial score (nSPS) is 10.7. The van der Waals surface area contributed by atoms with Crippen LogP contribution >= 0.6 is 0 Å². The number of nitrogens with zero attached hydrogens (tertiary/aromatic N) is 3. The number of anilines is 1. The summed E-state index contributed by atoms with van der Waals surface area (Å²) in [7, 11) is 0. The molecule has 0 bridgehead atoms. The number of amides is 1. The van der Waals surface area contributed by atoms with Crippen LogP contribution in [0.4, 0.5) is 5.82 Å². The quantitative estimate of drug-likeness (QED) is 0.466. The molecule has 160 valence electrons. The average Bonchev–Trinajstić information content (AvgIpc) is 3.40. The lowest BCUT2D eigenvalue weighted by molar-refractivity contribution is -0.119. The van der Waals surface area contributed by atoms with Crippen molar-refractivity contribution in [2.45, 2.75) is 20.4 Å². The van der Waals surface area contributed by atoms with Crippen molar-refractivity contribution in [1.29, 1.82) is 5.26 Å². The summed E-state index contributed by atoms with van der Waals surface area (Å²) in [5.74, 6) is -0.251. The molecule has 0 saturated heterocycles. The third-order valence-corrected chi connectivity index (χ3v) is 5.23. The Morgan fingerprint density at radius 3 is 2.72 bits per heavy atom. The average molecular weight is 428 g/mol. The lowest BCUT2D eigenvalue weighted by Gasteiger charge is -2.12. The van der Waals surface area contributed by atoms with E-state index in [2.05, 4.69) is 16.4 Å². The zero-order valence-corrected chi connectivity index (χ0v) is 17.6. The van der Waals surface area contributed by atoms with Crippen molar-refractivity contribution in [3.8, 4) is 6.07 Å². The second kappa shape index (κ2) is 8.78. The Bertz CT molecular complexity index is 1350. The Labute approximate surface area is 184 Å². The summed E-state index contributed by atoms with van der Waals surface area (Å²) in [6.45, 7) is 3.51. The number of ether oxygens (including phenoxy) is 1. The van der Waals surface area contributed by atoms with Crippen LogP contribution in [0.15, 0.2) is 59.2 Å². The first kappa shape index (κ1) is 20.9. The van der Waals surface area contributed by atoms with E-state index in [0.717, 1.165) is 16.6 Å². The highest BCUT2D eigenvalue weighted by atomic mass is 16.5. The highest BCUT2D eigenvalue weighted by Crippen LogP contribution is 2.27. The lowest BCUT2D eigenvalue weighted by atomic mass is 10.2. The number of fused-ring (bicyclic) bond motifs is 1. The molecule has 0 atom stereocenters. The number of nitriles is 1. The Morgan fingerprint density at radius 1 is 1.16 bits per heavy atom. The molecule has 0 unspecified atom stereocenters. The predicted molar refractivity (Wildman–Crippen MR) is 117 cm³/mol. The van der Waals surface area contributed by atoms with Crippen molar-refractivity contribution in [3.05, 3.63) is 83.1 Å². The molecule has 3 aromatic heterocycles. The second-order valence-electron chi connectivity index (χ2n) is 7.22. The number of carbonyl (C=O) groups excluding carboxylic acids is 2. The van der Waals surface area contributed by atoms with E-state index in [1.165, 1.54) is 0 Å². The first-order valence-electron chi connectivity index (χ1n) is 9.93. The number of hydrogen-bond donors (Lipinski definition) is 1. The first-order chi connectivity index (χ1) is 15.5. The van der Waals surface area contributed by atoms with Gasteiger partial charge in [0.25, 0.3) is 5.91 Å². The van der Waals surface area contributed by atoms with Gasteiger partial charge in [-0.1, -0.05) is 24.3 Å². The Kier molecular flexibility index (Phi) is 5.73. The number of furan rings is 1. The molecule has 0 fully saturated rings. The maximum absolute atomic E-state index is 12.5. The van der Waals surface area contributed by atoms with Crippen molar-refractivity contribution in [1.82, 2.24) is 9.55 Å². The standard InChI is InChI=1S/C24H20N4O4/c1-15-16(2)28(13-18-7-5-11-31-18)23(19(15)12-25)27-22(29)14-32-24(30)21-10-9-17-6-3-4-8-20(17)26-21/h3-11H,13-14H2,1-2H3,(H,27,29). The van der Waals surface area contributed by atoms with Gasteiger partial charge in [0.2, 0.25) is 0 Å². The predicted octanol–water partition coefficient (Wildman–Crippen LogP) is 3.96. The van der Waals surface area contributed by atoms with E-state index in [9.17, 15) is 14.9 Å². The molecule has 32 heavy (non-hydrogen) atoms. The van der Waals surface area contributed by atoms with Gasteiger partial charge in [-0.25, -0.2) is 9.78 Å². The van der Waals surface area contributed by atoms with Crippen LogP contribution in [0.2, 0.25) is 0 Å². The molecule has 0 aliphatic carbocycles. The van der Waals surface area contributed by atoms with E-state index >= 15 is 0 Å². The smallest absolute Gasteiger partial charge is 0.357 e. The molecule has 0 radical (unpaired) electrons. The zero-order valence-electron chi connectivity index (χ0n) is 17.6. The molecular formula is C24H20N4O4. The van der Waals surface area contributed by atoms with Gasteiger partial charge < -0.3 is 19.0 Å². The summed E-state index contributed by atoms with van der Waals surface area (Å²) >= 11 is 0. The van der Waals surface area contributed by atoms with Crippen LogP contribution in [0, 0.1) is 25.2 Å². The van der Waals surface area contributed by atoms with Crippen molar-refractivity contribution in [3.63, 3.8) is 0 Å². The number of hydrogen-bond acceptors (Lipinski definition) is 6. The molecule has 0 aliphatic heterocycles. The fraction of sp³-hybridized carbons (Fsp3) is 0.167. The fourth-order valence-corrected chi connectivity index (χ4v) is 3.44. The summed E-state index contributed by atoms with van der Waals surface area (Å²) in [6, 6.07) is 16.4. The molecule has 3 heterocycles. The summed E-state index contributed by atoms with van der Waals surface area (Å²) in [5, 5.41) is 13.2. The molecule has 0 saturated carbocycles. The molecule has 4 rings (SSSR count). The third kappa shape index (κ3) is 4.09. The maximum Gasteiger partial charge on any atom is 0.357 e. The summed E-state index contributed by atoms with van der Waals surface area (Å²) < 4.78 is 12.3. The van der Waals surface area contributed by atoms with Crippen LogP contribution in [-0.2, 0) is 16.1 Å². The number of esters is 1. The van der Waals surface area contributed by atoms with Crippen molar-refractivity contribution >= 4 is 28.6 Å². The van der Waals surface area contributed by atoms with E-state index in [1.54, 1.807) is 35.1 Å². The van der Waals surface area contributed by atoms with Crippen molar-refractivity contribution < 1.29 is 18.7 Å². The molecule has 0 spiro atoms. The van der Waals surface area contributed by atoms with Crippen LogP contribution in [0.3, 0.4) is 0 Å². The van der Waals surface area contributed by atoms with Gasteiger partial charge in [-0.3, -0.25) is 4.79 Å². The largest absolute Gasteiger partial charge is 0.467 e. The molecule has 1 amide bonds. The van der Waals surface area contributed by atoms with Gasteiger partial charge in [0, 0.05) is 11.1 Å². The summed E-state index contributed by atoms with van der Waals surface area (Å²) in [4.78, 5) is 29.2. The second-order valence-corrected chi connectivity index (χ2v) is 7.22. The number of pyridine rings is 1. The van der Waals surface area contributed by atoms with E-state index < -0.39 is 18.5 Å². The van der Waals surface area contributed by atoms with Crippen LogP contribution < -0.4 is 5.32 Å². The number of rotatable bonds is 6. The fourth-order valence-electron chi connectivity index (χ4n) is 3.44. The van der Waals surface area contributed by atoms with E-state index in [0.29, 0.717) is 29.2 Å². The molecule has 1 aromatic carbocycles. The zero-order chi connectivity index (χ0) is 22.7. The molecule has 1 N–H and O–H groups in total. The molecule has 8 nitrogen and oxygen atoms in total. The van der Waals surface area contributed by atoms with Crippen molar-refractivity contribution in [2.24, 2.45) is 0 Å². The highest BCUT2D eigenvalue weighted by molar-refractivity contribution is 5.96. The minimum atomic E-state index is -0.704. The van der Waals surface area contributed by atoms with Crippen LogP contribution in [-0.4, -0.2) is 28.0 Å². The minimum absolute atomic E-state index is 0.113. The van der Waals surface area contributed by atoms with Crippen molar-refractivity contribution in [2.75, 3.05) is 11.9 Å². The van der Waals surface area contributed by atoms with E-state index in [4.69, 9.17) is 9.15 Å². The first-order valence-corrected chi connectivity index (χ1v) is 9.93. The maximum atomic E-state index is 12.5. The highest BCUT2D eigenvalue weighted by Gasteiger charge is 2.21. The number of nitrogens with one attached hydrogen (secondary N) is 1. The Morgan fingerprint density at radius 2 is 1.97 bits per heavy atom. The molecule has 0 aliphatic rings. The molecular weight excluding hydrogens is 408 g/mol. The number of para-hydroxylation sites is 1. The minimum Gasteiger partial charge on any atom is -0.467 e. The van der Waals surface area contributed by atoms with Crippen LogP contribution in [0.1, 0.15) is 33.1 Å². The monoisotopic (exact) mass is 428 g/mol. The Hall–Kier alpha value is -4.38. The van der Waals surface area contributed by atoms with Crippen LogP contribution in [0.25, 0.3) is 10.9 Å². The van der Waals surface area contributed by atoms with Gasteiger partial charge in [-0.05, 0) is 43.7 Å². The summed E-state index contributed by atoms with van der Waals surface area (Å²) in [6.07, 6.45) is 1.56. The third-order valence-electron chi connectivity index (χ3n) is 5.23.